The Morgan fingerprint density at radius 2 is 2.11 bits per heavy atom. The van der Waals surface area contributed by atoms with Gasteiger partial charge in [-0.15, -0.1) is 0 Å². The number of benzene rings is 1. The summed E-state index contributed by atoms with van der Waals surface area (Å²) < 4.78 is 0. The Morgan fingerprint density at radius 3 is 2.85 bits per heavy atom. The Morgan fingerprint density at radius 1 is 1.30 bits per heavy atom. The fourth-order valence-electron chi connectivity index (χ4n) is 3.43. The lowest BCUT2D eigenvalue weighted by molar-refractivity contribution is -0.128. The Balaban J connectivity index is 1.63. The molecule has 1 aliphatic rings. The van der Waals surface area contributed by atoms with E-state index in [2.05, 4.69) is 15.5 Å². The van der Waals surface area contributed by atoms with Crippen LogP contribution in [-0.4, -0.2) is 59.1 Å². The molecule has 0 spiro atoms. The largest absolute Gasteiger partial charge is 0.349 e. The molecule has 0 saturated carbocycles. The Kier molecular flexibility index (Phi) is 6.11. The predicted octanol–water partition coefficient (Wildman–Crippen LogP) is 2.84. The molecule has 2 N–H and O–H groups in total. The number of nitrogens with one attached hydrogen (secondary N) is 2. The summed E-state index contributed by atoms with van der Waals surface area (Å²) in [6, 6.07) is 9.57. The molecule has 2 heterocycles. The molecule has 0 unspecified atom stereocenters. The zero-order valence-electron chi connectivity index (χ0n) is 15.9. The number of aromatic nitrogens is 2. The minimum atomic E-state index is -0.0920. The molecule has 2 aromatic rings. The van der Waals surface area contributed by atoms with E-state index in [1.54, 1.807) is 25.2 Å². The molecular formula is C20H27N5O2. The zero-order chi connectivity index (χ0) is 19.2. The maximum absolute atomic E-state index is 12.8. The first-order valence-corrected chi connectivity index (χ1v) is 9.38. The molecule has 0 bridgehead atoms. The zero-order valence-corrected chi connectivity index (χ0v) is 15.9. The minimum absolute atomic E-state index is 0.0783. The maximum Gasteiger partial charge on any atom is 0.321 e. The van der Waals surface area contributed by atoms with Crippen molar-refractivity contribution in [1.29, 1.82) is 0 Å². The van der Waals surface area contributed by atoms with E-state index in [-0.39, 0.29) is 11.9 Å². The van der Waals surface area contributed by atoms with Crippen LogP contribution in [0.4, 0.5) is 10.5 Å². The fourth-order valence-corrected chi connectivity index (χ4v) is 3.43. The molecule has 1 aromatic heterocycles. The van der Waals surface area contributed by atoms with Gasteiger partial charge in [-0.25, -0.2) is 4.79 Å². The van der Waals surface area contributed by atoms with Crippen LogP contribution in [0.5, 0.6) is 0 Å². The number of anilines is 1. The molecule has 3 amide bonds. The van der Waals surface area contributed by atoms with Gasteiger partial charge in [0.2, 0.25) is 5.91 Å². The number of para-hydroxylation sites is 1. The van der Waals surface area contributed by atoms with Crippen molar-refractivity contribution in [2.75, 3.05) is 32.5 Å². The van der Waals surface area contributed by atoms with Crippen LogP contribution in [0.3, 0.4) is 0 Å². The highest BCUT2D eigenvalue weighted by Crippen LogP contribution is 2.26. The number of H-pyrrole nitrogens is 1. The standard InChI is InChI=1S/C20H27N5O2/c1-24(2)19(26)10-9-15-6-3-4-8-17(15)22-20(27)25-13-5-7-16(14-25)18-11-12-21-23-18/h3-4,6,8,11-12,16H,5,7,9-10,13-14H2,1-2H3,(H,21,23)(H,22,27)/t16-/m0/s1. The molecule has 1 aliphatic heterocycles. The van der Waals surface area contributed by atoms with Crippen molar-refractivity contribution in [1.82, 2.24) is 20.0 Å². The highest BCUT2D eigenvalue weighted by molar-refractivity contribution is 5.90. The van der Waals surface area contributed by atoms with Crippen molar-refractivity contribution in [3.8, 4) is 0 Å². The topological polar surface area (TPSA) is 81.3 Å². The summed E-state index contributed by atoms with van der Waals surface area (Å²) in [7, 11) is 3.50. The number of nitrogens with zero attached hydrogens (tertiary/aromatic N) is 3. The van der Waals surface area contributed by atoms with Gasteiger partial charge in [-0.3, -0.25) is 9.89 Å². The third kappa shape index (κ3) is 4.87. The lowest BCUT2D eigenvalue weighted by Gasteiger charge is -2.32. The van der Waals surface area contributed by atoms with E-state index in [0.717, 1.165) is 36.3 Å². The van der Waals surface area contributed by atoms with Crippen molar-refractivity contribution >= 4 is 17.6 Å². The van der Waals surface area contributed by atoms with Gasteiger partial charge >= 0.3 is 6.03 Å². The molecule has 0 radical (unpaired) electrons. The Labute approximate surface area is 159 Å². The highest BCUT2D eigenvalue weighted by atomic mass is 16.2. The minimum Gasteiger partial charge on any atom is -0.349 e. The van der Waals surface area contributed by atoms with E-state index >= 15 is 0 Å². The Bertz CT molecular complexity index is 772. The Hall–Kier alpha value is -2.83. The lowest BCUT2D eigenvalue weighted by atomic mass is 9.95. The van der Waals surface area contributed by atoms with Crippen molar-refractivity contribution in [2.45, 2.75) is 31.6 Å². The van der Waals surface area contributed by atoms with Crippen molar-refractivity contribution < 1.29 is 9.59 Å². The summed E-state index contributed by atoms with van der Waals surface area (Å²) in [4.78, 5) is 28.1. The fraction of sp³-hybridized carbons (Fsp3) is 0.450. The van der Waals surface area contributed by atoms with Crippen LogP contribution in [0.25, 0.3) is 0 Å². The van der Waals surface area contributed by atoms with Crippen molar-refractivity contribution in [3.05, 3.63) is 47.8 Å². The molecule has 0 aliphatic carbocycles. The van der Waals surface area contributed by atoms with Crippen LogP contribution >= 0.6 is 0 Å². The first-order valence-electron chi connectivity index (χ1n) is 9.38. The third-order valence-electron chi connectivity index (χ3n) is 5.04. The van der Waals surface area contributed by atoms with Gasteiger partial charge in [0.1, 0.15) is 0 Å². The average molecular weight is 369 g/mol. The first-order chi connectivity index (χ1) is 13.0. The predicted molar refractivity (Wildman–Crippen MR) is 105 cm³/mol. The number of carbonyl (C=O) groups excluding carboxylic acids is 2. The number of urea groups is 1. The number of hydrogen-bond donors (Lipinski definition) is 2. The van der Waals surface area contributed by atoms with Gasteiger partial charge in [-0.05, 0) is 37.0 Å². The van der Waals surface area contributed by atoms with Gasteiger partial charge in [0.05, 0.1) is 0 Å². The van der Waals surface area contributed by atoms with E-state index in [4.69, 9.17) is 0 Å². The number of likely N-dealkylation sites (tertiary alicyclic amines) is 1. The SMILES string of the molecule is CN(C)C(=O)CCc1ccccc1NC(=O)N1CCC[C@H](c2ccn[nH]2)C1. The van der Waals surface area contributed by atoms with Gasteiger partial charge in [-0.2, -0.15) is 5.10 Å². The van der Waals surface area contributed by atoms with Gasteiger partial charge in [0, 0.05) is 57.1 Å². The van der Waals surface area contributed by atoms with E-state index in [1.807, 2.05) is 35.2 Å². The summed E-state index contributed by atoms with van der Waals surface area (Å²) in [5.41, 5.74) is 2.83. The summed E-state index contributed by atoms with van der Waals surface area (Å²) in [5.74, 6) is 0.370. The van der Waals surface area contributed by atoms with Crippen LogP contribution in [0.2, 0.25) is 0 Å². The monoisotopic (exact) mass is 369 g/mol. The molecule has 1 fully saturated rings. The second-order valence-electron chi connectivity index (χ2n) is 7.17. The van der Waals surface area contributed by atoms with Gasteiger partial charge < -0.3 is 15.1 Å². The summed E-state index contributed by atoms with van der Waals surface area (Å²) >= 11 is 0. The third-order valence-corrected chi connectivity index (χ3v) is 5.04. The molecule has 3 rings (SSSR count). The molecule has 144 valence electrons. The van der Waals surface area contributed by atoms with E-state index in [0.29, 0.717) is 25.3 Å². The normalized spacial score (nSPS) is 16.8. The molecular weight excluding hydrogens is 342 g/mol. The van der Waals surface area contributed by atoms with E-state index < -0.39 is 0 Å². The lowest BCUT2D eigenvalue weighted by Crippen LogP contribution is -2.41. The number of rotatable bonds is 5. The number of aromatic amines is 1. The van der Waals surface area contributed by atoms with Crippen LogP contribution < -0.4 is 5.32 Å². The van der Waals surface area contributed by atoms with E-state index in [1.165, 1.54) is 0 Å². The molecule has 1 atom stereocenters. The molecule has 1 aromatic carbocycles. The highest BCUT2D eigenvalue weighted by Gasteiger charge is 2.25. The van der Waals surface area contributed by atoms with Crippen LogP contribution in [-0.2, 0) is 11.2 Å². The number of hydrogen-bond acceptors (Lipinski definition) is 3. The maximum atomic E-state index is 12.8. The molecule has 27 heavy (non-hydrogen) atoms. The second-order valence-corrected chi connectivity index (χ2v) is 7.17. The van der Waals surface area contributed by atoms with Crippen molar-refractivity contribution in [3.63, 3.8) is 0 Å². The smallest absolute Gasteiger partial charge is 0.321 e. The van der Waals surface area contributed by atoms with Crippen LogP contribution in [0, 0.1) is 0 Å². The summed E-state index contributed by atoms with van der Waals surface area (Å²) in [6.07, 6.45) is 4.79. The number of piperidine rings is 1. The average Bonchev–Trinajstić information content (AvgIpc) is 3.22. The number of carbonyl (C=O) groups is 2. The molecule has 1 saturated heterocycles. The second kappa shape index (κ2) is 8.70. The quantitative estimate of drug-likeness (QED) is 0.850. The summed E-state index contributed by atoms with van der Waals surface area (Å²) in [6.45, 7) is 1.42. The molecule has 7 nitrogen and oxygen atoms in total. The van der Waals surface area contributed by atoms with Crippen molar-refractivity contribution in [2.24, 2.45) is 0 Å². The molecule has 7 heteroatoms. The van der Waals surface area contributed by atoms with E-state index in [9.17, 15) is 9.59 Å². The van der Waals surface area contributed by atoms with Gasteiger partial charge in [0.15, 0.2) is 0 Å². The first kappa shape index (κ1) is 18.9. The van der Waals surface area contributed by atoms with Gasteiger partial charge in [-0.1, -0.05) is 18.2 Å². The number of aryl methyl sites for hydroxylation is 1. The number of amides is 3. The van der Waals surface area contributed by atoms with Crippen LogP contribution in [0.1, 0.15) is 36.4 Å². The van der Waals surface area contributed by atoms with Crippen LogP contribution in [0.15, 0.2) is 36.5 Å². The van der Waals surface area contributed by atoms with Gasteiger partial charge in [0.25, 0.3) is 0 Å². The summed E-state index contributed by atoms with van der Waals surface area (Å²) in [5, 5.41) is 10.1.